The number of rotatable bonds is 9. The van der Waals surface area contributed by atoms with Crippen LogP contribution in [0.4, 0.5) is 65.9 Å². The van der Waals surface area contributed by atoms with Crippen molar-refractivity contribution in [2.45, 2.75) is 55.1 Å². The molecule has 3 unspecified atom stereocenters. The van der Waals surface area contributed by atoms with Crippen molar-refractivity contribution in [3.63, 3.8) is 0 Å². The van der Waals surface area contributed by atoms with E-state index in [0.717, 1.165) is 0 Å². The molecule has 0 heterocycles. The summed E-state index contributed by atoms with van der Waals surface area (Å²) in [6.07, 6.45) is -27.0. The van der Waals surface area contributed by atoms with Gasteiger partial charge in [0.2, 0.25) is 23.9 Å². The van der Waals surface area contributed by atoms with E-state index >= 15 is 0 Å². The molecule has 0 saturated carbocycles. The molecule has 0 bridgehead atoms. The number of nitrogens with zero attached hydrogens (tertiary/aromatic N) is 2. The maximum absolute atomic E-state index is 13.9. The molecule has 0 aliphatic carbocycles. The average Bonchev–Trinajstić information content (AvgIpc) is 2.61. The Hall–Kier alpha value is -2.07. The molecule has 0 aromatic carbocycles. The molecular weight excluding hydrogens is 457 g/mol. The molecule has 0 radical (unpaired) electrons. The predicted octanol–water partition coefficient (Wildman–Crippen LogP) is 5.11. The zero-order valence-corrected chi connectivity index (χ0v) is 13.0. The van der Waals surface area contributed by atoms with E-state index < -0.39 is 60.5 Å². The van der Waals surface area contributed by atoms with Crippen LogP contribution in [0.2, 0.25) is 0 Å². The molecule has 168 valence electrons. The van der Waals surface area contributed by atoms with Gasteiger partial charge in [0.15, 0.2) is 0 Å². The first kappa shape index (κ1) is 26.9. The Morgan fingerprint density at radius 1 is 0.517 bits per heavy atom. The highest BCUT2D eigenvalue weighted by Gasteiger charge is 2.79. The fourth-order valence-electron chi connectivity index (χ4n) is 1.78. The van der Waals surface area contributed by atoms with Crippen molar-refractivity contribution < 1.29 is 65.9 Å². The van der Waals surface area contributed by atoms with Crippen LogP contribution in [0, 0.1) is 28.1 Å². The Kier molecular flexibility index (Phi) is 7.41. The Morgan fingerprint density at radius 3 is 1.07 bits per heavy atom. The SMILES string of the molecule is N#CC(C#N)(C(F)C(F)(F)C(F)(F)C(F)F)C(F)C(F)(F)C(F)(F)C(F)C(F)F. The zero-order valence-electron chi connectivity index (χ0n) is 13.0. The van der Waals surface area contributed by atoms with Crippen molar-refractivity contribution >= 4 is 0 Å². The lowest BCUT2D eigenvalue weighted by Crippen LogP contribution is -2.65. The summed E-state index contributed by atoms with van der Waals surface area (Å²) in [5, 5.41) is 16.8. The lowest BCUT2D eigenvalue weighted by Gasteiger charge is -2.39. The van der Waals surface area contributed by atoms with E-state index in [1.165, 1.54) is 0 Å². The van der Waals surface area contributed by atoms with Crippen LogP contribution in [0.15, 0.2) is 0 Å². The number of halogens is 15. The van der Waals surface area contributed by atoms with E-state index in [4.69, 9.17) is 10.5 Å². The van der Waals surface area contributed by atoms with E-state index in [9.17, 15) is 65.9 Å². The van der Waals surface area contributed by atoms with Gasteiger partial charge in [-0.15, -0.1) is 0 Å². The second kappa shape index (κ2) is 7.98. The summed E-state index contributed by atoms with van der Waals surface area (Å²) in [6, 6.07) is -0.729. The van der Waals surface area contributed by atoms with E-state index in [1.807, 2.05) is 0 Å². The van der Waals surface area contributed by atoms with Crippen molar-refractivity contribution in [2.24, 2.45) is 5.41 Å². The zero-order chi connectivity index (χ0) is 23.8. The summed E-state index contributed by atoms with van der Waals surface area (Å²) >= 11 is 0. The highest BCUT2D eigenvalue weighted by Crippen LogP contribution is 2.54. The van der Waals surface area contributed by atoms with Gasteiger partial charge in [0.25, 0.3) is 6.43 Å². The van der Waals surface area contributed by atoms with Gasteiger partial charge >= 0.3 is 30.1 Å². The van der Waals surface area contributed by atoms with Crippen LogP contribution < -0.4 is 0 Å². The number of hydrogen-bond acceptors (Lipinski definition) is 2. The first-order valence-corrected chi connectivity index (χ1v) is 6.55. The molecule has 2 nitrogen and oxygen atoms in total. The molecule has 0 aromatic rings. The van der Waals surface area contributed by atoms with Gasteiger partial charge < -0.3 is 0 Å². The Labute approximate surface area is 150 Å². The molecule has 0 aromatic heterocycles. The Morgan fingerprint density at radius 2 is 0.828 bits per heavy atom. The van der Waals surface area contributed by atoms with E-state index in [0.29, 0.717) is 0 Å². The van der Waals surface area contributed by atoms with Crippen LogP contribution in [-0.2, 0) is 0 Å². The minimum atomic E-state index is -7.05. The molecule has 0 aliphatic heterocycles. The maximum Gasteiger partial charge on any atom is 0.372 e. The van der Waals surface area contributed by atoms with E-state index in [-0.39, 0.29) is 12.1 Å². The molecule has 29 heavy (non-hydrogen) atoms. The van der Waals surface area contributed by atoms with Gasteiger partial charge in [0.1, 0.15) is 0 Å². The summed E-state index contributed by atoms with van der Waals surface area (Å²) in [5.74, 6) is -27.8. The fourth-order valence-corrected chi connectivity index (χ4v) is 1.78. The van der Waals surface area contributed by atoms with Crippen LogP contribution in [0.3, 0.4) is 0 Å². The van der Waals surface area contributed by atoms with Gasteiger partial charge in [0, 0.05) is 0 Å². The highest BCUT2D eigenvalue weighted by atomic mass is 19.4. The molecule has 0 saturated heterocycles. The molecular formula is C12H5F15N2. The quantitative estimate of drug-likeness (QED) is 0.448. The first-order chi connectivity index (χ1) is 12.7. The Bertz CT molecular complexity index is 647. The Balaban J connectivity index is 6.61. The third kappa shape index (κ3) is 3.87. The summed E-state index contributed by atoms with van der Waals surface area (Å²) in [4.78, 5) is 0. The van der Waals surface area contributed by atoms with E-state index in [2.05, 4.69) is 0 Å². The monoisotopic (exact) mass is 462 g/mol. The van der Waals surface area contributed by atoms with Gasteiger partial charge in [-0.1, -0.05) is 0 Å². The predicted molar refractivity (Wildman–Crippen MR) is 60.1 cm³/mol. The van der Waals surface area contributed by atoms with Crippen molar-refractivity contribution in [1.82, 2.24) is 0 Å². The van der Waals surface area contributed by atoms with Crippen molar-refractivity contribution in [3.8, 4) is 12.1 Å². The van der Waals surface area contributed by atoms with Crippen LogP contribution in [-0.4, -0.2) is 55.1 Å². The lowest BCUT2D eigenvalue weighted by atomic mass is 9.73. The topological polar surface area (TPSA) is 47.6 Å². The third-order valence-electron chi connectivity index (χ3n) is 3.54. The standard InChI is InChI=1S/C12H5F15N2/c13-3(4(14)15)9(20,21)10(22,23)5(16)8(1-28,2-29)6(17)11(24,25)12(26,27)7(18)19/h3-7H. The second-order valence-electron chi connectivity index (χ2n) is 5.35. The van der Waals surface area contributed by atoms with Crippen LogP contribution in [0.1, 0.15) is 0 Å². The van der Waals surface area contributed by atoms with Gasteiger partial charge in [-0.3, -0.25) is 0 Å². The third-order valence-corrected chi connectivity index (χ3v) is 3.54. The number of nitriles is 2. The molecule has 0 amide bonds. The summed E-state index contributed by atoms with van der Waals surface area (Å²) in [6.45, 7) is 0. The molecule has 17 heteroatoms. The minimum Gasteiger partial charge on any atom is -0.237 e. The lowest BCUT2D eigenvalue weighted by molar-refractivity contribution is -0.314. The summed E-state index contributed by atoms with van der Waals surface area (Å²) < 4.78 is 194. The first-order valence-electron chi connectivity index (χ1n) is 6.55. The van der Waals surface area contributed by atoms with Gasteiger partial charge in [-0.2, -0.15) is 45.6 Å². The van der Waals surface area contributed by atoms with Crippen molar-refractivity contribution in [3.05, 3.63) is 0 Å². The fraction of sp³-hybridized carbons (Fsp3) is 0.833. The van der Waals surface area contributed by atoms with Crippen LogP contribution in [0.5, 0.6) is 0 Å². The van der Waals surface area contributed by atoms with Gasteiger partial charge in [-0.05, 0) is 0 Å². The smallest absolute Gasteiger partial charge is 0.237 e. The van der Waals surface area contributed by atoms with Crippen LogP contribution in [0.25, 0.3) is 0 Å². The number of hydrogen-bond donors (Lipinski definition) is 0. The van der Waals surface area contributed by atoms with Crippen molar-refractivity contribution in [2.75, 3.05) is 0 Å². The molecule has 0 fully saturated rings. The molecule has 0 spiro atoms. The highest BCUT2D eigenvalue weighted by molar-refractivity contribution is 5.27. The average molecular weight is 462 g/mol. The minimum absolute atomic E-state index is 0.364. The largest absolute Gasteiger partial charge is 0.372 e. The maximum atomic E-state index is 13.9. The van der Waals surface area contributed by atoms with Gasteiger partial charge in [-0.25, -0.2) is 30.7 Å². The molecule has 3 atom stereocenters. The summed E-state index contributed by atoms with van der Waals surface area (Å²) in [7, 11) is 0. The van der Waals surface area contributed by atoms with E-state index in [1.54, 1.807) is 0 Å². The van der Waals surface area contributed by atoms with Crippen LogP contribution >= 0.6 is 0 Å². The number of alkyl halides is 15. The summed E-state index contributed by atoms with van der Waals surface area (Å²) in [5.41, 5.74) is -5.59. The molecule has 0 N–H and O–H groups in total. The second-order valence-corrected chi connectivity index (χ2v) is 5.35. The normalized spacial score (nSPS) is 17.6. The van der Waals surface area contributed by atoms with Gasteiger partial charge in [0.05, 0.1) is 12.1 Å². The molecule has 0 aliphatic rings. The molecule has 0 rings (SSSR count). The van der Waals surface area contributed by atoms with Crippen molar-refractivity contribution in [1.29, 1.82) is 10.5 Å².